The SMILES string of the molecule is Cc1nc(-c2cccc(NC3CCC(O)CC3)c2)n[nH]1. The molecule has 5 nitrogen and oxygen atoms in total. The monoisotopic (exact) mass is 272 g/mol. The minimum Gasteiger partial charge on any atom is -0.393 e. The van der Waals surface area contributed by atoms with Crippen molar-refractivity contribution in [2.24, 2.45) is 0 Å². The van der Waals surface area contributed by atoms with E-state index in [1.807, 2.05) is 19.1 Å². The fraction of sp³-hybridized carbons (Fsp3) is 0.467. The summed E-state index contributed by atoms with van der Waals surface area (Å²) in [6.07, 6.45) is 3.70. The van der Waals surface area contributed by atoms with Crippen LogP contribution in [0, 0.1) is 6.92 Å². The maximum Gasteiger partial charge on any atom is 0.181 e. The summed E-state index contributed by atoms with van der Waals surface area (Å²) >= 11 is 0. The van der Waals surface area contributed by atoms with Crippen molar-refractivity contribution in [3.8, 4) is 11.4 Å². The Hall–Kier alpha value is -1.88. The van der Waals surface area contributed by atoms with Gasteiger partial charge in [-0.1, -0.05) is 12.1 Å². The van der Waals surface area contributed by atoms with Crippen LogP contribution in [0.1, 0.15) is 31.5 Å². The van der Waals surface area contributed by atoms with Crippen LogP contribution in [0.25, 0.3) is 11.4 Å². The molecule has 3 rings (SSSR count). The maximum absolute atomic E-state index is 9.54. The van der Waals surface area contributed by atoms with Crippen molar-refractivity contribution in [2.45, 2.75) is 44.8 Å². The van der Waals surface area contributed by atoms with E-state index in [0.717, 1.165) is 48.6 Å². The van der Waals surface area contributed by atoms with Crippen LogP contribution < -0.4 is 5.32 Å². The molecular formula is C15H20N4O. The van der Waals surface area contributed by atoms with Crippen LogP contribution in [0.4, 0.5) is 5.69 Å². The number of hydrogen-bond donors (Lipinski definition) is 3. The number of hydrogen-bond acceptors (Lipinski definition) is 4. The zero-order chi connectivity index (χ0) is 13.9. The van der Waals surface area contributed by atoms with Crippen LogP contribution in [-0.2, 0) is 0 Å². The highest BCUT2D eigenvalue weighted by atomic mass is 16.3. The fourth-order valence-corrected chi connectivity index (χ4v) is 2.68. The number of nitrogens with one attached hydrogen (secondary N) is 2. The minimum atomic E-state index is -0.115. The molecule has 106 valence electrons. The molecule has 3 N–H and O–H groups in total. The molecule has 5 heteroatoms. The molecule has 0 amide bonds. The van der Waals surface area contributed by atoms with Crippen molar-refractivity contribution >= 4 is 5.69 Å². The van der Waals surface area contributed by atoms with Crippen molar-refractivity contribution in [2.75, 3.05) is 5.32 Å². The molecule has 1 aromatic heterocycles. The Morgan fingerprint density at radius 2 is 2.05 bits per heavy atom. The van der Waals surface area contributed by atoms with Gasteiger partial charge in [0, 0.05) is 17.3 Å². The molecule has 1 heterocycles. The van der Waals surface area contributed by atoms with Crippen LogP contribution in [0.2, 0.25) is 0 Å². The standard InChI is InChI=1S/C15H20N4O/c1-10-16-15(19-18-10)11-3-2-4-13(9-11)17-12-5-7-14(20)8-6-12/h2-4,9,12,14,17,20H,5-8H2,1H3,(H,16,18,19). The summed E-state index contributed by atoms with van der Waals surface area (Å²) in [6.45, 7) is 1.89. The normalized spacial score (nSPS) is 22.7. The lowest BCUT2D eigenvalue weighted by atomic mass is 9.93. The zero-order valence-corrected chi connectivity index (χ0v) is 11.6. The van der Waals surface area contributed by atoms with E-state index in [2.05, 4.69) is 32.6 Å². The van der Waals surface area contributed by atoms with Gasteiger partial charge in [-0.3, -0.25) is 5.10 Å². The first-order valence-corrected chi connectivity index (χ1v) is 7.15. The molecule has 20 heavy (non-hydrogen) atoms. The summed E-state index contributed by atoms with van der Waals surface area (Å²) in [6, 6.07) is 8.61. The van der Waals surface area contributed by atoms with Crippen molar-refractivity contribution in [1.82, 2.24) is 15.2 Å². The predicted molar refractivity (Wildman–Crippen MR) is 78.4 cm³/mol. The molecule has 0 unspecified atom stereocenters. The Bertz CT molecular complexity index is 573. The second-order valence-electron chi connectivity index (χ2n) is 5.48. The third kappa shape index (κ3) is 2.99. The summed E-state index contributed by atoms with van der Waals surface area (Å²) in [5.41, 5.74) is 2.10. The summed E-state index contributed by atoms with van der Waals surface area (Å²) in [4.78, 5) is 4.35. The van der Waals surface area contributed by atoms with E-state index in [1.165, 1.54) is 0 Å². The van der Waals surface area contributed by atoms with Gasteiger partial charge in [-0.15, -0.1) is 0 Å². The average Bonchev–Trinajstić information content (AvgIpc) is 2.89. The number of aliphatic hydroxyl groups is 1. The van der Waals surface area contributed by atoms with E-state index < -0.39 is 0 Å². The molecule has 0 saturated heterocycles. The van der Waals surface area contributed by atoms with E-state index in [1.54, 1.807) is 0 Å². The van der Waals surface area contributed by atoms with Gasteiger partial charge in [0.15, 0.2) is 5.82 Å². The smallest absolute Gasteiger partial charge is 0.181 e. The van der Waals surface area contributed by atoms with Crippen molar-refractivity contribution < 1.29 is 5.11 Å². The number of aryl methyl sites for hydroxylation is 1. The van der Waals surface area contributed by atoms with E-state index in [0.29, 0.717) is 6.04 Å². The van der Waals surface area contributed by atoms with Crippen LogP contribution in [0.15, 0.2) is 24.3 Å². The third-order valence-electron chi connectivity index (χ3n) is 3.79. The predicted octanol–water partition coefficient (Wildman–Crippen LogP) is 2.50. The lowest BCUT2D eigenvalue weighted by Crippen LogP contribution is -2.28. The molecule has 0 atom stereocenters. The molecule has 1 aliphatic carbocycles. The number of benzene rings is 1. The number of H-pyrrole nitrogens is 1. The quantitative estimate of drug-likeness (QED) is 0.802. The number of aromatic nitrogens is 3. The summed E-state index contributed by atoms with van der Waals surface area (Å²) < 4.78 is 0. The molecule has 0 aliphatic heterocycles. The lowest BCUT2D eigenvalue weighted by Gasteiger charge is -2.27. The Kier molecular flexibility index (Phi) is 3.69. The zero-order valence-electron chi connectivity index (χ0n) is 11.6. The van der Waals surface area contributed by atoms with Crippen LogP contribution in [0.3, 0.4) is 0 Å². The Labute approximate surface area is 118 Å². The summed E-state index contributed by atoms with van der Waals surface area (Å²) in [7, 11) is 0. The lowest BCUT2D eigenvalue weighted by molar-refractivity contribution is 0.126. The van der Waals surface area contributed by atoms with Crippen LogP contribution >= 0.6 is 0 Å². The van der Waals surface area contributed by atoms with Crippen molar-refractivity contribution in [1.29, 1.82) is 0 Å². The van der Waals surface area contributed by atoms with Gasteiger partial charge in [0.05, 0.1) is 6.10 Å². The minimum absolute atomic E-state index is 0.115. The first kappa shape index (κ1) is 13.1. The Morgan fingerprint density at radius 3 is 2.75 bits per heavy atom. The van der Waals surface area contributed by atoms with Crippen LogP contribution in [0.5, 0.6) is 0 Å². The number of aromatic amines is 1. The summed E-state index contributed by atoms with van der Waals surface area (Å²) in [5, 5.41) is 20.1. The number of nitrogens with zero attached hydrogens (tertiary/aromatic N) is 2. The largest absolute Gasteiger partial charge is 0.393 e. The second-order valence-corrected chi connectivity index (χ2v) is 5.48. The Balaban J connectivity index is 1.71. The molecule has 0 bridgehead atoms. The van der Waals surface area contributed by atoms with Gasteiger partial charge >= 0.3 is 0 Å². The Morgan fingerprint density at radius 1 is 1.25 bits per heavy atom. The van der Waals surface area contributed by atoms with Gasteiger partial charge in [-0.05, 0) is 44.7 Å². The highest BCUT2D eigenvalue weighted by molar-refractivity contribution is 5.62. The van der Waals surface area contributed by atoms with E-state index >= 15 is 0 Å². The second kappa shape index (κ2) is 5.63. The molecular weight excluding hydrogens is 252 g/mol. The fourth-order valence-electron chi connectivity index (χ4n) is 2.68. The van der Waals surface area contributed by atoms with Crippen LogP contribution in [-0.4, -0.2) is 32.4 Å². The first-order valence-electron chi connectivity index (χ1n) is 7.15. The number of anilines is 1. The van der Waals surface area contributed by atoms with E-state index in [4.69, 9.17) is 0 Å². The molecule has 1 aromatic carbocycles. The third-order valence-corrected chi connectivity index (χ3v) is 3.79. The topological polar surface area (TPSA) is 73.8 Å². The number of rotatable bonds is 3. The maximum atomic E-state index is 9.54. The first-order chi connectivity index (χ1) is 9.70. The van der Waals surface area contributed by atoms with Gasteiger partial charge in [0.2, 0.25) is 0 Å². The molecule has 2 aromatic rings. The number of aliphatic hydroxyl groups excluding tert-OH is 1. The van der Waals surface area contributed by atoms with Gasteiger partial charge in [0.1, 0.15) is 5.82 Å². The highest BCUT2D eigenvalue weighted by Gasteiger charge is 2.19. The molecule has 1 aliphatic rings. The van der Waals surface area contributed by atoms with Gasteiger partial charge in [-0.25, -0.2) is 4.98 Å². The van der Waals surface area contributed by atoms with E-state index in [-0.39, 0.29) is 6.10 Å². The molecule has 1 fully saturated rings. The van der Waals surface area contributed by atoms with Crippen molar-refractivity contribution in [3.63, 3.8) is 0 Å². The highest BCUT2D eigenvalue weighted by Crippen LogP contribution is 2.24. The van der Waals surface area contributed by atoms with Gasteiger partial charge in [0.25, 0.3) is 0 Å². The average molecular weight is 272 g/mol. The van der Waals surface area contributed by atoms with E-state index in [9.17, 15) is 5.11 Å². The molecule has 0 radical (unpaired) electrons. The molecule has 1 saturated carbocycles. The summed E-state index contributed by atoms with van der Waals surface area (Å²) in [5.74, 6) is 1.55. The molecule has 0 spiro atoms. The van der Waals surface area contributed by atoms with Crippen molar-refractivity contribution in [3.05, 3.63) is 30.1 Å². The van der Waals surface area contributed by atoms with Gasteiger partial charge in [-0.2, -0.15) is 5.10 Å². The van der Waals surface area contributed by atoms with Gasteiger partial charge < -0.3 is 10.4 Å².